The van der Waals surface area contributed by atoms with Gasteiger partial charge in [-0.15, -0.1) is 0 Å². The van der Waals surface area contributed by atoms with Crippen molar-refractivity contribution in [3.05, 3.63) is 0 Å². The minimum absolute atomic E-state index is 0.205. The van der Waals surface area contributed by atoms with Crippen LogP contribution in [0.1, 0.15) is 0 Å². The average Bonchev–Trinajstić information content (AvgIpc) is 1.97. The van der Waals surface area contributed by atoms with Crippen molar-refractivity contribution in [2.75, 3.05) is 13.7 Å². The Morgan fingerprint density at radius 2 is 1.54 bits per heavy atom. The number of alkyl halides is 6. The molecule has 1 heterocycles. The zero-order valence-electron chi connectivity index (χ0n) is 6.33. The summed E-state index contributed by atoms with van der Waals surface area (Å²) in [4.78, 5) is -0.997. The lowest BCUT2D eigenvalue weighted by molar-refractivity contribution is -0.465. The molecule has 0 bridgehead atoms. The van der Waals surface area contributed by atoms with Gasteiger partial charge < -0.3 is 4.74 Å². The van der Waals surface area contributed by atoms with Crippen LogP contribution in [-0.4, -0.2) is 36.8 Å². The van der Waals surface area contributed by atoms with Crippen LogP contribution in [-0.2, 0) is 4.74 Å². The van der Waals surface area contributed by atoms with Gasteiger partial charge in [0, 0.05) is 0 Å². The summed E-state index contributed by atoms with van der Waals surface area (Å²) in [6.45, 7) is -1.76. The van der Waals surface area contributed by atoms with E-state index in [-0.39, 0.29) is 7.05 Å². The highest BCUT2D eigenvalue weighted by atomic mass is 19.3. The molecule has 0 atom stereocenters. The molecule has 1 saturated heterocycles. The second kappa shape index (κ2) is 2.50. The molecule has 0 radical (unpaired) electrons. The summed E-state index contributed by atoms with van der Waals surface area (Å²) in [5.74, 6) is 0. The van der Waals surface area contributed by atoms with Crippen molar-refractivity contribution >= 4 is 0 Å². The Balaban J connectivity index is 3.00. The van der Waals surface area contributed by atoms with Crippen molar-refractivity contribution in [1.29, 1.82) is 0 Å². The number of hydrogen-bond acceptors (Lipinski definition) is 2. The predicted octanol–water partition coefficient (Wildman–Crippen LogP) is 1.73. The molecule has 0 aliphatic carbocycles. The van der Waals surface area contributed by atoms with Crippen LogP contribution < -0.4 is 0 Å². The second-order valence-corrected chi connectivity index (χ2v) is 2.57. The van der Waals surface area contributed by atoms with Gasteiger partial charge in [0.15, 0.2) is 0 Å². The van der Waals surface area contributed by atoms with E-state index in [9.17, 15) is 26.3 Å². The van der Waals surface area contributed by atoms with Gasteiger partial charge in [-0.2, -0.15) is 31.2 Å². The Labute approximate surface area is 69.1 Å². The molecule has 1 fully saturated rings. The van der Waals surface area contributed by atoms with Gasteiger partial charge >= 0.3 is 18.2 Å². The van der Waals surface area contributed by atoms with E-state index in [2.05, 4.69) is 4.74 Å². The highest BCUT2D eigenvalue weighted by molar-refractivity contribution is 4.86. The number of ether oxygens (including phenoxy) is 1. The van der Waals surface area contributed by atoms with E-state index in [1.807, 2.05) is 0 Å². The summed E-state index contributed by atoms with van der Waals surface area (Å²) < 4.78 is 77.3. The minimum Gasteiger partial charge on any atom is -0.307 e. The average molecular weight is 209 g/mol. The van der Waals surface area contributed by atoms with Gasteiger partial charge in [-0.05, 0) is 7.05 Å². The van der Waals surface area contributed by atoms with Crippen LogP contribution in [0.2, 0.25) is 0 Å². The lowest BCUT2D eigenvalue weighted by Crippen LogP contribution is -2.66. The van der Waals surface area contributed by atoms with Crippen LogP contribution in [0, 0.1) is 0 Å². The van der Waals surface area contributed by atoms with Gasteiger partial charge in [0.05, 0.1) is 0 Å². The molecule has 0 aromatic heterocycles. The third-order valence-corrected chi connectivity index (χ3v) is 1.69. The minimum atomic E-state index is -5.01. The molecule has 0 spiro atoms. The van der Waals surface area contributed by atoms with Gasteiger partial charge in [0.25, 0.3) is 0 Å². The molecule has 2 nitrogen and oxygen atoms in total. The number of likely N-dealkylation sites (N-methyl/N-ethyl adjacent to an activating group) is 1. The normalized spacial score (nSPS) is 31.6. The van der Waals surface area contributed by atoms with Crippen LogP contribution in [0.4, 0.5) is 26.3 Å². The number of rotatable bonds is 0. The number of hydrogen-bond donors (Lipinski definition) is 0. The fourth-order valence-corrected chi connectivity index (χ4v) is 0.762. The van der Waals surface area contributed by atoms with E-state index < -0.39 is 29.7 Å². The first-order chi connectivity index (χ1) is 5.61. The SMILES string of the molecule is CN1C(F)(F)COC(F)(F)C1(F)F. The van der Waals surface area contributed by atoms with E-state index in [1.54, 1.807) is 0 Å². The molecule has 0 saturated carbocycles. The molecule has 13 heavy (non-hydrogen) atoms. The first-order valence-electron chi connectivity index (χ1n) is 3.12. The summed E-state index contributed by atoms with van der Waals surface area (Å²) in [5, 5.41) is 0. The van der Waals surface area contributed by atoms with E-state index in [1.165, 1.54) is 0 Å². The molecule has 1 aliphatic rings. The summed E-state index contributed by atoms with van der Waals surface area (Å²) in [5.41, 5.74) is 0. The zero-order valence-corrected chi connectivity index (χ0v) is 6.33. The van der Waals surface area contributed by atoms with Crippen LogP contribution in [0.25, 0.3) is 0 Å². The highest BCUT2D eigenvalue weighted by Gasteiger charge is 2.70. The van der Waals surface area contributed by atoms with Crippen LogP contribution >= 0.6 is 0 Å². The van der Waals surface area contributed by atoms with Gasteiger partial charge in [-0.3, -0.25) is 0 Å². The number of morpholine rings is 1. The topological polar surface area (TPSA) is 12.5 Å². The molecule has 0 unspecified atom stereocenters. The first-order valence-corrected chi connectivity index (χ1v) is 3.12. The maximum atomic E-state index is 12.4. The molecule has 1 rings (SSSR count). The summed E-state index contributed by atoms with van der Waals surface area (Å²) in [7, 11) is 0.205. The standard InChI is InChI=1S/C5H5F6NO/c1-12-3(6,7)2-13-5(10,11)4(12,8)9/h2H2,1H3. The van der Waals surface area contributed by atoms with Crippen molar-refractivity contribution in [3.63, 3.8) is 0 Å². The smallest absolute Gasteiger partial charge is 0.307 e. The zero-order chi connectivity index (χ0) is 10.5. The molecule has 0 aromatic carbocycles. The molecular weight excluding hydrogens is 204 g/mol. The van der Waals surface area contributed by atoms with Gasteiger partial charge in [-0.25, -0.2) is 0 Å². The third-order valence-electron chi connectivity index (χ3n) is 1.69. The van der Waals surface area contributed by atoms with Crippen LogP contribution in [0.5, 0.6) is 0 Å². The van der Waals surface area contributed by atoms with E-state index in [4.69, 9.17) is 0 Å². The molecule has 0 amide bonds. The lowest BCUT2D eigenvalue weighted by Gasteiger charge is -2.41. The summed E-state index contributed by atoms with van der Waals surface area (Å²) in [6, 6.07) is -9.10. The fourth-order valence-electron chi connectivity index (χ4n) is 0.762. The molecule has 78 valence electrons. The van der Waals surface area contributed by atoms with E-state index in [0.29, 0.717) is 0 Å². The lowest BCUT2D eigenvalue weighted by atomic mass is 10.3. The summed E-state index contributed by atoms with van der Waals surface area (Å²) in [6.07, 6.45) is -4.89. The van der Waals surface area contributed by atoms with Gasteiger partial charge in [-0.1, -0.05) is 0 Å². The van der Waals surface area contributed by atoms with Crippen molar-refractivity contribution in [3.8, 4) is 0 Å². The first kappa shape index (κ1) is 10.6. The summed E-state index contributed by atoms with van der Waals surface area (Å²) >= 11 is 0. The quantitative estimate of drug-likeness (QED) is 0.445. The van der Waals surface area contributed by atoms with E-state index >= 15 is 0 Å². The van der Waals surface area contributed by atoms with Crippen molar-refractivity contribution in [1.82, 2.24) is 4.90 Å². The highest BCUT2D eigenvalue weighted by Crippen LogP contribution is 2.46. The monoisotopic (exact) mass is 209 g/mol. The Morgan fingerprint density at radius 3 is 1.92 bits per heavy atom. The van der Waals surface area contributed by atoms with Crippen molar-refractivity contribution < 1.29 is 31.1 Å². The molecule has 0 aromatic rings. The predicted molar refractivity (Wildman–Crippen MR) is 28.6 cm³/mol. The number of nitrogens with zero attached hydrogens (tertiary/aromatic N) is 1. The Bertz CT molecular complexity index is 217. The Hall–Kier alpha value is -0.500. The van der Waals surface area contributed by atoms with Crippen molar-refractivity contribution in [2.24, 2.45) is 0 Å². The van der Waals surface area contributed by atoms with Gasteiger partial charge in [0.1, 0.15) is 6.61 Å². The Kier molecular flexibility index (Phi) is 2.04. The third kappa shape index (κ3) is 1.37. The van der Waals surface area contributed by atoms with E-state index in [0.717, 1.165) is 0 Å². The Morgan fingerprint density at radius 1 is 1.08 bits per heavy atom. The maximum Gasteiger partial charge on any atom is 0.435 e. The van der Waals surface area contributed by atoms with Crippen molar-refractivity contribution in [2.45, 2.75) is 18.2 Å². The molecule has 1 aliphatic heterocycles. The number of halogens is 6. The largest absolute Gasteiger partial charge is 0.435 e. The maximum absolute atomic E-state index is 12.4. The van der Waals surface area contributed by atoms with Crippen LogP contribution in [0.15, 0.2) is 0 Å². The second-order valence-electron chi connectivity index (χ2n) is 2.57. The van der Waals surface area contributed by atoms with Crippen LogP contribution in [0.3, 0.4) is 0 Å². The van der Waals surface area contributed by atoms with Gasteiger partial charge in [0.2, 0.25) is 0 Å². The molecule has 8 heteroatoms. The fraction of sp³-hybridized carbons (Fsp3) is 1.00. The molecule has 0 N–H and O–H groups in total. The molecular formula is C5H5F6NO.